The van der Waals surface area contributed by atoms with Crippen molar-refractivity contribution in [3.8, 4) is 0 Å². The molecular formula is C24H29FN4O3. The number of carbonyl (C=O) groups is 2. The first-order chi connectivity index (χ1) is 15.4. The van der Waals surface area contributed by atoms with E-state index in [2.05, 4.69) is 10.6 Å². The summed E-state index contributed by atoms with van der Waals surface area (Å²) in [5.74, 6) is 0.169. The quantitative estimate of drug-likeness (QED) is 0.499. The molecule has 3 rings (SSSR count). The average molecular weight is 441 g/mol. The summed E-state index contributed by atoms with van der Waals surface area (Å²) in [4.78, 5) is 26.5. The van der Waals surface area contributed by atoms with E-state index >= 15 is 0 Å². The van der Waals surface area contributed by atoms with E-state index in [0.717, 1.165) is 12.1 Å². The van der Waals surface area contributed by atoms with Crippen molar-refractivity contribution in [3.63, 3.8) is 0 Å². The molecule has 2 aromatic heterocycles. The third kappa shape index (κ3) is 6.00. The van der Waals surface area contributed by atoms with Crippen molar-refractivity contribution in [1.82, 2.24) is 14.8 Å². The van der Waals surface area contributed by atoms with Gasteiger partial charge in [-0.3, -0.25) is 4.79 Å². The summed E-state index contributed by atoms with van der Waals surface area (Å²) >= 11 is 0. The van der Waals surface area contributed by atoms with Crippen LogP contribution in [-0.2, 0) is 13.1 Å². The number of halogens is 1. The highest BCUT2D eigenvalue weighted by atomic mass is 19.1. The van der Waals surface area contributed by atoms with Crippen LogP contribution < -0.4 is 10.6 Å². The molecule has 170 valence electrons. The number of aromatic nitrogens is 1. The molecule has 32 heavy (non-hydrogen) atoms. The van der Waals surface area contributed by atoms with Crippen LogP contribution in [0.15, 0.2) is 59.1 Å². The fourth-order valence-electron chi connectivity index (χ4n) is 3.31. The molecule has 0 aliphatic carbocycles. The highest BCUT2D eigenvalue weighted by Crippen LogP contribution is 2.17. The summed E-state index contributed by atoms with van der Waals surface area (Å²) < 4.78 is 21.6. The number of furan rings is 1. The minimum atomic E-state index is -0.476. The first-order valence-corrected chi connectivity index (χ1v) is 10.7. The lowest BCUT2D eigenvalue weighted by molar-refractivity contribution is 0.0913. The van der Waals surface area contributed by atoms with Gasteiger partial charge >= 0.3 is 6.03 Å². The van der Waals surface area contributed by atoms with Gasteiger partial charge in [0.05, 0.1) is 18.8 Å². The number of hydrogen-bond donors (Lipinski definition) is 2. The van der Waals surface area contributed by atoms with Crippen molar-refractivity contribution in [3.05, 3.63) is 77.8 Å². The molecule has 1 aromatic carbocycles. The van der Waals surface area contributed by atoms with Gasteiger partial charge < -0.3 is 24.5 Å². The average Bonchev–Trinajstić information content (AvgIpc) is 3.39. The minimum Gasteiger partial charge on any atom is -0.454 e. The first-order valence-electron chi connectivity index (χ1n) is 10.7. The predicted molar refractivity (Wildman–Crippen MR) is 121 cm³/mol. The number of amides is 3. The first kappa shape index (κ1) is 23.1. The predicted octanol–water partition coefficient (Wildman–Crippen LogP) is 4.85. The summed E-state index contributed by atoms with van der Waals surface area (Å²) in [6.45, 7) is 7.05. The Kier molecular flexibility index (Phi) is 7.70. The molecule has 2 heterocycles. The largest absolute Gasteiger partial charge is 0.454 e. The number of carbonyl (C=O) groups excluding carboxylic acids is 2. The molecule has 0 fully saturated rings. The van der Waals surface area contributed by atoms with Crippen molar-refractivity contribution in [2.24, 2.45) is 0 Å². The molecule has 3 aromatic rings. The Hall–Kier alpha value is -3.55. The number of benzene rings is 1. The molecule has 0 aliphatic heterocycles. The zero-order valence-electron chi connectivity index (χ0n) is 18.6. The summed E-state index contributed by atoms with van der Waals surface area (Å²) in [6.07, 6.45) is 2.66. The Balaban J connectivity index is 1.69. The fraction of sp³-hybridized carbons (Fsp3) is 0.333. The number of rotatable bonds is 9. The standard InChI is InChI=1S/C24H29FN4O3/c1-4-13-29(24(31)27-21-10-6-5-9-20(21)25)15-18-8-7-14-28(18)16-19-11-12-22(32-19)23(30)26-17(2)3/h5-12,14,17H,4,13,15-16H2,1-3H3,(H,26,30)(H,27,31). The summed E-state index contributed by atoms with van der Waals surface area (Å²) in [6, 6.07) is 13.0. The van der Waals surface area contributed by atoms with E-state index in [0.29, 0.717) is 25.4 Å². The second-order valence-electron chi connectivity index (χ2n) is 7.85. The van der Waals surface area contributed by atoms with Crippen LogP contribution in [0.5, 0.6) is 0 Å². The van der Waals surface area contributed by atoms with Gasteiger partial charge in [-0.25, -0.2) is 9.18 Å². The van der Waals surface area contributed by atoms with Gasteiger partial charge in [-0.05, 0) is 56.7 Å². The molecule has 7 nitrogen and oxygen atoms in total. The Labute approximate surface area is 187 Å². The topological polar surface area (TPSA) is 79.5 Å². The van der Waals surface area contributed by atoms with Crippen molar-refractivity contribution < 1.29 is 18.4 Å². The minimum absolute atomic E-state index is 0.0205. The Bertz CT molecular complexity index is 1060. The van der Waals surface area contributed by atoms with E-state index < -0.39 is 5.82 Å². The van der Waals surface area contributed by atoms with Crippen molar-refractivity contribution in [2.45, 2.75) is 46.3 Å². The molecular weight excluding hydrogens is 411 g/mol. The van der Waals surface area contributed by atoms with E-state index in [-0.39, 0.29) is 29.4 Å². The van der Waals surface area contributed by atoms with E-state index in [4.69, 9.17) is 4.42 Å². The summed E-state index contributed by atoms with van der Waals surface area (Å²) in [7, 11) is 0. The molecule has 0 atom stereocenters. The Morgan fingerprint density at radius 2 is 1.91 bits per heavy atom. The van der Waals surface area contributed by atoms with Crippen molar-refractivity contribution >= 4 is 17.6 Å². The van der Waals surface area contributed by atoms with E-state index in [1.165, 1.54) is 12.1 Å². The number of para-hydroxylation sites is 1. The maximum Gasteiger partial charge on any atom is 0.322 e. The number of urea groups is 1. The molecule has 0 bridgehead atoms. The van der Waals surface area contributed by atoms with Gasteiger partial charge in [0, 0.05) is 24.5 Å². The van der Waals surface area contributed by atoms with E-state index in [1.807, 2.05) is 43.7 Å². The summed E-state index contributed by atoms with van der Waals surface area (Å²) in [5.41, 5.74) is 1.04. The second-order valence-corrected chi connectivity index (χ2v) is 7.85. The maximum absolute atomic E-state index is 13.9. The lowest BCUT2D eigenvalue weighted by Crippen LogP contribution is -2.36. The summed E-state index contributed by atoms with van der Waals surface area (Å²) in [5, 5.41) is 5.45. The van der Waals surface area contributed by atoms with Crippen LogP contribution in [0.3, 0.4) is 0 Å². The number of hydrogen-bond acceptors (Lipinski definition) is 3. The fourth-order valence-corrected chi connectivity index (χ4v) is 3.31. The van der Waals surface area contributed by atoms with E-state index in [1.54, 1.807) is 29.2 Å². The van der Waals surface area contributed by atoms with Gasteiger partial charge in [-0.2, -0.15) is 0 Å². The van der Waals surface area contributed by atoms with E-state index in [9.17, 15) is 14.0 Å². The smallest absolute Gasteiger partial charge is 0.322 e. The monoisotopic (exact) mass is 440 g/mol. The Morgan fingerprint density at radius 1 is 1.12 bits per heavy atom. The van der Waals surface area contributed by atoms with Crippen LogP contribution in [-0.4, -0.2) is 34.0 Å². The molecule has 0 saturated carbocycles. The maximum atomic E-state index is 13.9. The molecule has 0 aliphatic rings. The highest BCUT2D eigenvalue weighted by Gasteiger charge is 2.18. The molecule has 0 radical (unpaired) electrons. The third-order valence-corrected chi connectivity index (χ3v) is 4.80. The molecule has 0 unspecified atom stereocenters. The second kappa shape index (κ2) is 10.7. The van der Waals surface area contributed by atoms with Crippen LogP contribution in [0.25, 0.3) is 0 Å². The molecule has 3 amide bonds. The molecule has 0 saturated heterocycles. The highest BCUT2D eigenvalue weighted by molar-refractivity contribution is 5.91. The van der Waals surface area contributed by atoms with Gasteiger partial charge in [0.2, 0.25) is 0 Å². The number of nitrogens with one attached hydrogen (secondary N) is 2. The van der Waals surface area contributed by atoms with Crippen LogP contribution >= 0.6 is 0 Å². The number of nitrogens with zero attached hydrogens (tertiary/aromatic N) is 2. The van der Waals surface area contributed by atoms with Crippen molar-refractivity contribution in [2.75, 3.05) is 11.9 Å². The van der Waals surface area contributed by atoms with Gasteiger partial charge in [-0.15, -0.1) is 0 Å². The van der Waals surface area contributed by atoms with Gasteiger partial charge in [0.15, 0.2) is 5.76 Å². The lowest BCUT2D eigenvalue weighted by Gasteiger charge is -2.23. The number of anilines is 1. The van der Waals surface area contributed by atoms with Crippen LogP contribution in [0.1, 0.15) is 49.2 Å². The SMILES string of the molecule is CCCN(Cc1cccn1Cc1ccc(C(=O)NC(C)C)o1)C(=O)Nc1ccccc1F. The van der Waals surface area contributed by atoms with Crippen molar-refractivity contribution in [1.29, 1.82) is 0 Å². The van der Waals surface area contributed by atoms with Gasteiger partial charge in [-0.1, -0.05) is 19.1 Å². The van der Waals surface area contributed by atoms with Gasteiger partial charge in [0.1, 0.15) is 11.6 Å². The van der Waals surface area contributed by atoms with Gasteiger partial charge in [0.25, 0.3) is 5.91 Å². The Morgan fingerprint density at radius 3 is 2.62 bits per heavy atom. The molecule has 2 N–H and O–H groups in total. The van der Waals surface area contributed by atoms with Crippen LogP contribution in [0.4, 0.5) is 14.9 Å². The van der Waals surface area contributed by atoms with Crippen LogP contribution in [0, 0.1) is 5.82 Å². The normalized spacial score (nSPS) is 10.9. The lowest BCUT2D eigenvalue weighted by atomic mass is 10.3. The molecule has 8 heteroatoms. The molecule has 0 spiro atoms. The zero-order chi connectivity index (χ0) is 23.1. The third-order valence-electron chi connectivity index (χ3n) is 4.80. The zero-order valence-corrected chi connectivity index (χ0v) is 18.6. The van der Waals surface area contributed by atoms with Crippen LogP contribution in [0.2, 0.25) is 0 Å².